The Labute approximate surface area is 169 Å². The van der Waals surface area contributed by atoms with Crippen molar-refractivity contribution in [3.8, 4) is 17.0 Å². The number of nitrogens with zero attached hydrogens (tertiary/aromatic N) is 1. The summed E-state index contributed by atoms with van der Waals surface area (Å²) < 4.78 is 10.0. The molecule has 2 aromatic carbocycles. The maximum Gasteiger partial charge on any atom is 0.328 e. The molecule has 1 N–H and O–H groups in total. The van der Waals surface area contributed by atoms with Gasteiger partial charge in [0.2, 0.25) is 0 Å². The number of fused-ring (bicyclic) bond motifs is 1. The van der Waals surface area contributed by atoms with Crippen molar-refractivity contribution in [2.24, 2.45) is 5.92 Å². The number of rotatable bonds is 6. The summed E-state index contributed by atoms with van der Waals surface area (Å²) >= 11 is 0. The van der Waals surface area contributed by atoms with E-state index in [0.29, 0.717) is 16.8 Å². The van der Waals surface area contributed by atoms with Crippen LogP contribution in [0.2, 0.25) is 0 Å². The molecule has 6 nitrogen and oxygen atoms in total. The molecule has 0 aliphatic heterocycles. The zero-order chi connectivity index (χ0) is 21.0. The molecule has 0 radical (unpaired) electrons. The first-order valence-electron chi connectivity index (χ1n) is 9.37. The minimum absolute atomic E-state index is 0.111. The lowest BCUT2D eigenvalue weighted by Gasteiger charge is -2.20. The molecule has 0 bridgehead atoms. The highest BCUT2D eigenvalue weighted by molar-refractivity contribution is 6.08. The van der Waals surface area contributed by atoms with Gasteiger partial charge in [-0.25, -0.2) is 9.78 Å². The predicted octanol–water partition coefficient (Wildman–Crippen LogP) is 3.84. The number of carbonyl (C=O) groups excluding carboxylic acids is 2. The zero-order valence-electron chi connectivity index (χ0n) is 16.9. The highest BCUT2D eigenvalue weighted by Crippen LogP contribution is 2.26. The van der Waals surface area contributed by atoms with E-state index < -0.39 is 12.0 Å². The smallest absolute Gasteiger partial charge is 0.328 e. The molecule has 0 aliphatic rings. The lowest BCUT2D eigenvalue weighted by Crippen LogP contribution is -2.45. The van der Waals surface area contributed by atoms with Crippen LogP contribution >= 0.6 is 0 Å². The van der Waals surface area contributed by atoms with Crippen LogP contribution in [0.4, 0.5) is 0 Å². The molecule has 0 unspecified atom stereocenters. The third kappa shape index (κ3) is 4.37. The number of methoxy groups -OCH3 is 2. The van der Waals surface area contributed by atoms with Crippen molar-refractivity contribution in [3.63, 3.8) is 0 Å². The number of amides is 1. The highest BCUT2D eigenvalue weighted by Gasteiger charge is 2.26. The fraction of sp³-hybridized carbons (Fsp3) is 0.261. The summed E-state index contributed by atoms with van der Waals surface area (Å²) in [5.41, 5.74) is 2.68. The number of hydrogen-bond acceptors (Lipinski definition) is 5. The summed E-state index contributed by atoms with van der Waals surface area (Å²) in [4.78, 5) is 29.9. The fourth-order valence-corrected chi connectivity index (χ4v) is 3.12. The monoisotopic (exact) mass is 392 g/mol. The van der Waals surface area contributed by atoms with Gasteiger partial charge in [0.15, 0.2) is 0 Å². The number of para-hydroxylation sites is 1. The number of pyridine rings is 1. The maximum absolute atomic E-state index is 13.1. The molecule has 1 heterocycles. The normalized spacial score (nSPS) is 11.9. The Morgan fingerprint density at radius 1 is 1.00 bits per heavy atom. The van der Waals surface area contributed by atoms with Gasteiger partial charge in [-0.05, 0) is 42.3 Å². The Bertz CT molecular complexity index is 1030. The molecule has 29 heavy (non-hydrogen) atoms. The Morgan fingerprint density at radius 2 is 1.69 bits per heavy atom. The lowest BCUT2D eigenvalue weighted by molar-refractivity contribution is -0.144. The second kappa shape index (κ2) is 8.73. The average Bonchev–Trinajstić information content (AvgIpc) is 2.75. The van der Waals surface area contributed by atoms with E-state index in [1.807, 2.05) is 62.4 Å². The van der Waals surface area contributed by atoms with Crippen LogP contribution in [0.3, 0.4) is 0 Å². The van der Waals surface area contributed by atoms with Crippen molar-refractivity contribution < 1.29 is 19.1 Å². The number of nitrogens with one attached hydrogen (secondary N) is 1. The molecular weight excluding hydrogens is 368 g/mol. The van der Waals surface area contributed by atoms with Crippen LogP contribution < -0.4 is 10.1 Å². The first kappa shape index (κ1) is 20.3. The second-order valence-corrected chi connectivity index (χ2v) is 7.02. The van der Waals surface area contributed by atoms with Gasteiger partial charge in [0.05, 0.1) is 31.0 Å². The molecule has 1 atom stereocenters. The van der Waals surface area contributed by atoms with E-state index in [1.54, 1.807) is 13.2 Å². The van der Waals surface area contributed by atoms with Gasteiger partial charge in [-0.3, -0.25) is 4.79 Å². The van der Waals surface area contributed by atoms with Gasteiger partial charge in [0.25, 0.3) is 5.91 Å². The van der Waals surface area contributed by atoms with E-state index in [1.165, 1.54) is 7.11 Å². The Hall–Kier alpha value is -3.41. The molecular formula is C23H24N2O4. The summed E-state index contributed by atoms with van der Waals surface area (Å²) in [6.45, 7) is 3.71. The second-order valence-electron chi connectivity index (χ2n) is 7.02. The van der Waals surface area contributed by atoms with Crippen LogP contribution in [0.15, 0.2) is 54.6 Å². The Morgan fingerprint density at radius 3 is 2.31 bits per heavy atom. The molecule has 0 aliphatic carbocycles. The molecule has 150 valence electrons. The average molecular weight is 392 g/mol. The predicted molar refractivity (Wildman–Crippen MR) is 112 cm³/mol. The number of ether oxygens (including phenoxy) is 2. The van der Waals surface area contributed by atoms with Crippen LogP contribution in [-0.4, -0.2) is 37.1 Å². The largest absolute Gasteiger partial charge is 0.497 e. The van der Waals surface area contributed by atoms with Crippen molar-refractivity contribution in [3.05, 3.63) is 60.2 Å². The summed E-state index contributed by atoms with van der Waals surface area (Å²) in [6.07, 6.45) is 0. The number of carbonyl (C=O) groups is 2. The molecule has 3 aromatic rings. The first-order valence-corrected chi connectivity index (χ1v) is 9.37. The standard InChI is InChI=1S/C23H24N2O4/c1-14(2)21(23(27)29-4)25-22(26)18-13-20(15-9-11-16(28-3)12-10-15)24-19-8-6-5-7-17(18)19/h5-14,21H,1-4H3,(H,25,26)/t21-/m0/s1. The number of aromatic nitrogens is 1. The minimum Gasteiger partial charge on any atom is -0.497 e. The third-order valence-corrected chi connectivity index (χ3v) is 4.75. The van der Waals surface area contributed by atoms with Crippen LogP contribution in [0.5, 0.6) is 5.75 Å². The Kier molecular flexibility index (Phi) is 6.12. The lowest BCUT2D eigenvalue weighted by atomic mass is 10.0. The summed E-state index contributed by atoms with van der Waals surface area (Å²) in [5, 5.41) is 3.53. The summed E-state index contributed by atoms with van der Waals surface area (Å²) in [7, 11) is 2.92. The third-order valence-electron chi connectivity index (χ3n) is 4.75. The zero-order valence-corrected chi connectivity index (χ0v) is 16.9. The molecule has 3 rings (SSSR count). The molecule has 0 saturated heterocycles. The van der Waals surface area contributed by atoms with Crippen molar-refractivity contribution in [1.82, 2.24) is 10.3 Å². The summed E-state index contributed by atoms with van der Waals surface area (Å²) in [5.74, 6) is -0.185. The van der Waals surface area contributed by atoms with Crippen molar-refractivity contribution in [2.45, 2.75) is 19.9 Å². The van der Waals surface area contributed by atoms with Gasteiger partial charge < -0.3 is 14.8 Å². The van der Waals surface area contributed by atoms with Crippen molar-refractivity contribution in [2.75, 3.05) is 14.2 Å². The molecule has 6 heteroatoms. The van der Waals surface area contributed by atoms with E-state index in [4.69, 9.17) is 14.5 Å². The van der Waals surface area contributed by atoms with E-state index in [2.05, 4.69) is 5.32 Å². The number of benzene rings is 2. The van der Waals surface area contributed by atoms with E-state index in [-0.39, 0.29) is 11.8 Å². The fourth-order valence-electron chi connectivity index (χ4n) is 3.12. The number of hydrogen-bond donors (Lipinski definition) is 1. The van der Waals surface area contributed by atoms with Gasteiger partial charge in [0.1, 0.15) is 11.8 Å². The molecule has 0 spiro atoms. The van der Waals surface area contributed by atoms with E-state index in [0.717, 1.165) is 16.7 Å². The van der Waals surface area contributed by atoms with Crippen LogP contribution in [0.1, 0.15) is 24.2 Å². The van der Waals surface area contributed by atoms with Crippen molar-refractivity contribution in [1.29, 1.82) is 0 Å². The topological polar surface area (TPSA) is 77.5 Å². The van der Waals surface area contributed by atoms with Gasteiger partial charge in [-0.15, -0.1) is 0 Å². The molecule has 0 fully saturated rings. The molecule has 1 amide bonds. The van der Waals surface area contributed by atoms with Crippen molar-refractivity contribution >= 4 is 22.8 Å². The molecule has 1 aromatic heterocycles. The molecule has 0 saturated carbocycles. The van der Waals surface area contributed by atoms with Gasteiger partial charge in [-0.2, -0.15) is 0 Å². The van der Waals surface area contributed by atoms with Crippen LogP contribution in [0.25, 0.3) is 22.2 Å². The Balaban J connectivity index is 2.05. The van der Waals surface area contributed by atoms with Gasteiger partial charge in [0, 0.05) is 10.9 Å². The van der Waals surface area contributed by atoms with Crippen LogP contribution in [-0.2, 0) is 9.53 Å². The first-order chi connectivity index (χ1) is 13.9. The quantitative estimate of drug-likeness (QED) is 0.645. The van der Waals surface area contributed by atoms with Gasteiger partial charge >= 0.3 is 5.97 Å². The van der Waals surface area contributed by atoms with E-state index in [9.17, 15) is 9.59 Å². The van der Waals surface area contributed by atoms with E-state index >= 15 is 0 Å². The highest BCUT2D eigenvalue weighted by atomic mass is 16.5. The van der Waals surface area contributed by atoms with Gasteiger partial charge in [-0.1, -0.05) is 32.0 Å². The van der Waals surface area contributed by atoms with Crippen LogP contribution in [0, 0.1) is 5.92 Å². The minimum atomic E-state index is -0.733. The summed E-state index contributed by atoms with van der Waals surface area (Å²) in [6, 6.07) is 15.9. The number of esters is 1. The SMILES string of the molecule is COC(=O)[C@@H](NC(=O)c1cc(-c2ccc(OC)cc2)nc2ccccc12)C(C)C. The maximum atomic E-state index is 13.1.